The number of hydrogen-bond acceptors (Lipinski definition) is 5. The van der Waals surface area contributed by atoms with Gasteiger partial charge in [0.1, 0.15) is 5.56 Å². The van der Waals surface area contributed by atoms with Crippen LogP contribution in [0, 0.1) is 0 Å². The highest BCUT2D eigenvalue weighted by Crippen LogP contribution is 2.34. The number of benzene rings is 2. The van der Waals surface area contributed by atoms with Gasteiger partial charge in [0.05, 0.1) is 22.5 Å². The first-order valence-electron chi connectivity index (χ1n) is 10.4. The Morgan fingerprint density at radius 2 is 1.75 bits per heavy atom. The SMILES string of the molecule is O=C(c1ccccc1)c1cc(Cl)ccc1NC(=O)c1cnn2c(C(F)(F)F)cc(-c3cccs3)nc12. The predicted octanol–water partition coefficient (Wildman–Crippen LogP) is 6.61. The van der Waals surface area contributed by atoms with E-state index in [2.05, 4.69) is 15.4 Å². The number of nitrogens with one attached hydrogen (secondary N) is 1. The Morgan fingerprint density at radius 1 is 0.972 bits per heavy atom. The Balaban J connectivity index is 1.57. The summed E-state index contributed by atoms with van der Waals surface area (Å²) in [5, 5.41) is 8.37. The van der Waals surface area contributed by atoms with Gasteiger partial charge in [-0.25, -0.2) is 9.50 Å². The van der Waals surface area contributed by atoms with Crippen LogP contribution in [0.25, 0.3) is 16.2 Å². The minimum atomic E-state index is -4.74. The molecule has 180 valence electrons. The number of carbonyl (C=O) groups is 2. The molecular weight excluding hydrogens is 513 g/mol. The number of hydrogen-bond donors (Lipinski definition) is 1. The average molecular weight is 527 g/mol. The van der Waals surface area contributed by atoms with E-state index in [0.29, 0.717) is 15.0 Å². The zero-order valence-electron chi connectivity index (χ0n) is 18.1. The largest absolute Gasteiger partial charge is 0.433 e. The highest BCUT2D eigenvalue weighted by Gasteiger charge is 2.36. The fourth-order valence-corrected chi connectivity index (χ4v) is 4.48. The molecule has 0 saturated heterocycles. The van der Waals surface area contributed by atoms with Crippen LogP contribution >= 0.6 is 22.9 Å². The number of halogens is 4. The lowest BCUT2D eigenvalue weighted by atomic mass is 10.0. The van der Waals surface area contributed by atoms with Gasteiger partial charge >= 0.3 is 6.18 Å². The Bertz CT molecular complexity index is 1600. The number of ketones is 1. The maximum absolute atomic E-state index is 13.8. The summed E-state index contributed by atoms with van der Waals surface area (Å²) in [4.78, 5) is 31.1. The minimum Gasteiger partial charge on any atom is -0.321 e. The van der Waals surface area contributed by atoms with Gasteiger partial charge in [0.25, 0.3) is 5.91 Å². The lowest BCUT2D eigenvalue weighted by Crippen LogP contribution is -2.17. The van der Waals surface area contributed by atoms with E-state index in [0.717, 1.165) is 12.3 Å². The number of alkyl halides is 3. The molecule has 0 unspecified atom stereocenters. The maximum Gasteiger partial charge on any atom is 0.433 e. The van der Waals surface area contributed by atoms with Crippen LogP contribution in [0.15, 0.2) is 78.3 Å². The van der Waals surface area contributed by atoms with Gasteiger partial charge in [-0.2, -0.15) is 18.3 Å². The van der Waals surface area contributed by atoms with Gasteiger partial charge in [0.2, 0.25) is 0 Å². The van der Waals surface area contributed by atoms with Crippen LogP contribution in [0.3, 0.4) is 0 Å². The highest BCUT2D eigenvalue weighted by molar-refractivity contribution is 7.13. The zero-order valence-corrected chi connectivity index (χ0v) is 19.7. The molecule has 0 aliphatic rings. The van der Waals surface area contributed by atoms with Crippen molar-refractivity contribution in [2.45, 2.75) is 6.18 Å². The minimum absolute atomic E-state index is 0.0609. The van der Waals surface area contributed by atoms with Gasteiger partial charge < -0.3 is 5.32 Å². The van der Waals surface area contributed by atoms with Crippen LogP contribution in [-0.4, -0.2) is 26.3 Å². The molecule has 0 spiro atoms. The van der Waals surface area contributed by atoms with E-state index in [4.69, 9.17) is 11.6 Å². The monoisotopic (exact) mass is 526 g/mol. The third-order valence-corrected chi connectivity index (χ3v) is 6.42. The molecule has 3 aromatic heterocycles. The van der Waals surface area contributed by atoms with Crippen molar-refractivity contribution in [3.8, 4) is 10.6 Å². The van der Waals surface area contributed by atoms with E-state index in [9.17, 15) is 22.8 Å². The van der Waals surface area contributed by atoms with Crippen molar-refractivity contribution in [1.29, 1.82) is 0 Å². The molecular formula is C25H14ClF3N4O2S. The van der Waals surface area contributed by atoms with E-state index >= 15 is 0 Å². The topological polar surface area (TPSA) is 76.4 Å². The van der Waals surface area contributed by atoms with E-state index < -0.39 is 17.8 Å². The van der Waals surface area contributed by atoms with Crippen LogP contribution in [0.5, 0.6) is 0 Å². The first kappa shape index (κ1) is 23.7. The highest BCUT2D eigenvalue weighted by atomic mass is 35.5. The molecule has 5 rings (SSSR count). The lowest BCUT2D eigenvalue weighted by Gasteiger charge is -2.12. The molecule has 36 heavy (non-hydrogen) atoms. The number of rotatable bonds is 5. The molecule has 0 atom stereocenters. The van der Waals surface area contributed by atoms with Gasteiger partial charge in [0.15, 0.2) is 17.1 Å². The molecule has 5 aromatic rings. The number of nitrogens with zero attached hydrogens (tertiary/aromatic N) is 3. The Labute approximate surface area is 211 Å². The van der Waals surface area contributed by atoms with Crippen molar-refractivity contribution >= 4 is 46.0 Å². The molecule has 1 N–H and O–H groups in total. The molecule has 0 fully saturated rings. The van der Waals surface area contributed by atoms with Crippen LogP contribution in [0.1, 0.15) is 32.0 Å². The van der Waals surface area contributed by atoms with Crippen LogP contribution in [-0.2, 0) is 6.18 Å². The average Bonchev–Trinajstić information content (AvgIpc) is 3.54. The summed E-state index contributed by atoms with van der Waals surface area (Å²) in [5.74, 6) is -1.16. The third kappa shape index (κ3) is 4.48. The first-order chi connectivity index (χ1) is 17.2. The van der Waals surface area contributed by atoms with Crippen LogP contribution in [0.4, 0.5) is 18.9 Å². The standard InChI is InChI=1S/C25H14ClF3N4O2S/c26-15-8-9-18(16(11-15)22(34)14-5-2-1-3-6-14)32-24(35)17-13-30-33-21(25(27,28)29)12-19(31-23(17)33)20-7-4-10-36-20/h1-13H,(H,32,35). The second kappa shape index (κ2) is 9.21. The summed E-state index contributed by atoms with van der Waals surface area (Å²) in [6.45, 7) is 0. The van der Waals surface area contributed by atoms with E-state index in [-0.39, 0.29) is 39.0 Å². The maximum atomic E-state index is 13.8. The molecule has 3 heterocycles. The summed E-state index contributed by atoms with van der Waals surface area (Å²) < 4.78 is 42.0. The molecule has 2 aromatic carbocycles. The van der Waals surface area contributed by atoms with Crippen molar-refractivity contribution in [1.82, 2.24) is 14.6 Å². The molecule has 0 saturated carbocycles. The van der Waals surface area contributed by atoms with Crippen LogP contribution in [0.2, 0.25) is 5.02 Å². The van der Waals surface area contributed by atoms with E-state index in [1.165, 1.54) is 29.5 Å². The lowest BCUT2D eigenvalue weighted by molar-refractivity contribution is -0.142. The van der Waals surface area contributed by atoms with Crippen molar-refractivity contribution < 1.29 is 22.8 Å². The van der Waals surface area contributed by atoms with Crippen molar-refractivity contribution in [3.05, 3.63) is 106 Å². The van der Waals surface area contributed by atoms with Gasteiger partial charge in [-0.15, -0.1) is 11.3 Å². The predicted molar refractivity (Wildman–Crippen MR) is 131 cm³/mol. The van der Waals surface area contributed by atoms with Crippen molar-refractivity contribution in [3.63, 3.8) is 0 Å². The summed E-state index contributed by atoms with van der Waals surface area (Å²) in [5.41, 5.74) is -0.817. The third-order valence-electron chi connectivity index (χ3n) is 5.29. The number of anilines is 1. The zero-order chi connectivity index (χ0) is 25.4. The molecule has 11 heteroatoms. The number of aromatic nitrogens is 3. The fraction of sp³-hybridized carbons (Fsp3) is 0.0400. The van der Waals surface area contributed by atoms with Crippen molar-refractivity contribution in [2.75, 3.05) is 5.32 Å². The van der Waals surface area contributed by atoms with Crippen LogP contribution < -0.4 is 5.32 Å². The molecule has 0 aliphatic carbocycles. The normalized spacial score (nSPS) is 11.6. The second-order valence-electron chi connectivity index (χ2n) is 7.63. The van der Waals surface area contributed by atoms with Gasteiger partial charge in [0, 0.05) is 16.1 Å². The summed E-state index contributed by atoms with van der Waals surface area (Å²) in [7, 11) is 0. The Hall–Kier alpha value is -4.02. The number of thiophene rings is 1. The number of amides is 1. The molecule has 0 aliphatic heterocycles. The Morgan fingerprint density at radius 3 is 2.44 bits per heavy atom. The molecule has 6 nitrogen and oxygen atoms in total. The van der Waals surface area contributed by atoms with Gasteiger partial charge in [-0.05, 0) is 35.7 Å². The molecule has 1 amide bonds. The van der Waals surface area contributed by atoms with Gasteiger partial charge in [-0.3, -0.25) is 9.59 Å². The summed E-state index contributed by atoms with van der Waals surface area (Å²) in [6.07, 6.45) is -3.72. The van der Waals surface area contributed by atoms with E-state index in [1.807, 2.05) is 0 Å². The van der Waals surface area contributed by atoms with Crippen molar-refractivity contribution in [2.24, 2.45) is 0 Å². The fourth-order valence-electron chi connectivity index (χ4n) is 3.62. The smallest absolute Gasteiger partial charge is 0.321 e. The summed E-state index contributed by atoms with van der Waals surface area (Å²) in [6, 6.07) is 17.0. The second-order valence-corrected chi connectivity index (χ2v) is 9.02. The Kier molecular flexibility index (Phi) is 6.07. The first-order valence-corrected chi connectivity index (χ1v) is 11.7. The van der Waals surface area contributed by atoms with Gasteiger partial charge in [-0.1, -0.05) is 48.0 Å². The number of carbonyl (C=O) groups excluding carboxylic acids is 2. The number of fused-ring (bicyclic) bond motifs is 1. The molecule has 0 radical (unpaired) electrons. The van der Waals surface area contributed by atoms with E-state index in [1.54, 1.807) is 47.8 Å². The summed E-state index contributed by atoms with van der Waals surface area (Å²) >= 11 is 7.31. The molecule has 0 bridgehead atoms. The quantitative estimate of drug-likeness (QED) is 0.261.